The predicted molar refractivity (Wildman–Crippen MR) is 215 cm³/mol. The fourth-order valence-electron chi connectivity index (χ4n) is 4.71. The summed E-state index contributed by atoms with van der Waals surface area (Å²) >= 11 is 0. The average Bonchev–Trinajstić information content (AvgIpc) is 3.12. The first-order valence-electron chi connectivity index (χ1n) is 19.6. The molecule has 0 aromatic heterocycles. The number of hydrogen-bond donors (Lipinski definition) is 2. The van der Waals surface area contributed by atoms with Gasteiger partial charge in [0.2, 0.25) is 0 Å². The number of ether oxygens (including phenoxy) is 2. The molecule has 51 heavy (non-hydrogen) atoms. The zero-order chi connectivity index (χ0) is 37.4. The maximum Gasteiger partial charge on any atom is 0.472 e. The third kappa shape index (κ3) is 38.7. The normalized spacial score (nSPS) is 14.5. The number of nitrogens with two attached hydrogens (primary N) is 1. The molecular weight excluding hydrogens is 661 g/mol. The van der Waals surface area contributed by atoms with E-state index >= 15 is 0 Å². The number of rotatable bonds is 36. The minimum absolute atomic E-state index is 0.0873. The third-order valence-corrected chi connectivity index (χ3v) is 8.51. The minimum atomic E-state index is -4.29. The Kier molecular flexibility index (Phi) is 37.1. The molecule has 3 N–H and O–H groups in total. The molecule has 0 aliphatic heterocycles. The first kappa shape index (κ1) is 48.7. The lowest BCUT2D eigenvalue weighted by atomic mass is 10.1. The van der Waals surface area contributed by atoms with Gasteiger partial charge in [-0.1, -0.05) is 131 Å². The molecule has 0 amide bonds. The third-order valence-electron chi connectivity index (χ3n) is 7.53. The fourth-order valence-corrected chi connectivity index (χ4v) is 5.47. The van der Waals surface area contributed by atoms with E-state index < -0.39 is 13.9 Å². The van der Waals surface area contributed by atoms with Crippen molar-refractivity contribution in [2.75, 3.05) is 33.0 Å². The van der Waals surface area contributed by atoms with E-state index in [1.54, 1.807) is 0 Å². The molecule has 0 saturated carbocycles. The lowest BCUT2D eigenvalue weighted by molar-refractivity contribution is -0.154. The molecule has 0 aromatic rings. The summed E-state index contributed by atoms with van der Waals surface area (Å²) in [6.45, 7) is 4.64. The summed E-state index contributed by atoms with van der Waals surface area (Å²) < 4.78 is 33.2. The lowest BCUT2D eigenvalue weighted by Crippen LogP contribution is -2.28. The van der Waals surface area contributed by atoms with Crippen LogP contribution in [0.25, 0.3) is 0 Å². The Morgan fingerprint density at radius 2 is 1.10 bits per heavy atom. The van der Waals surface area contributed by atoms with Crippen LogP contribution in [-0.2, 0) is 27.9 Å². The Morgan fingerprint density at radius 3 is 1.67 bits per heavy atom. The van der Waals surface area contributed by atoms with Gasteiger partial charge in [-0.25, -0.2) is 4.57 Å². The highest BCUT2D eigenvalue weighted by Crippen LogP contribution is 2.43. The van der Waals surface area contributed by atoms with E-state index in [2.05, 4.69) is 98.9 Å². The molecule has 0 heterocycles. The molecule has 2 unspecified atom stereocenters. The number of hydrogen-bond acceptors (Lipinski definition) is 7. The molecule has 0 aliphatic rings. The van der Waals surface area contributed by atoms with E-state index in [4.69, 9.17) is 24.3 Å². The van der Waals surface area contributed by atoms with Gasteiger partial charge in [0.25, 0.3) is 0 Å². The van der Waals surface area contributed by atoms with Crippen molar-refractivity contribution in [1.82, 2.24) is 0 Å². The van der Waals surface area contributed by atoms with Crippen molar-refractivity contribution in [2.24, 2.45) is 5.73 Å². The van der Waals surface area contributed by atoms with Crippen LogP contribution in [-0.4, -0.2) is 49.9 Å². The number of phosphoric ester groups is 1. The summed E-state index contributed by atoms with van der Waals surface area (Å²) in [5.41, 5.74) is 5.35. The van der Waals surface area contributed by atoms with E-state index in [1.165, 1.54) is 32.1 Å². The zero-order valence-electron chi connectivity index (χ0n) is 32.1. The maximum atomic E-state index is 12.5. The Morgan fingerprint density at radius 1 is 0.608 bits per heavy atom. The van der Waals surface area contributed by atoms with Crippen LogP contribution in [0.3, 0.4) is 0 Å². The van der Waals surface area contributed by atoms with Crippen LogP contribution in [0.2, 0.25) is 0 Å². The highest BCUT2D eigenvalue weighted by Gasteiger charge is 2.25. The van der Waals surface area contributed by atoms with Crippen molar-refractivity contribution in [2.45, 2.75) is 142 Å². The second-order valence-electron chi connectivity index (χ2n) is 12.4. The van der Waals surface area contributed by atoms with Gasteiger partial charge in [-0.2, -0.15) is 0 Å². The van der Waals surface area contributed by atoms with Crippen LogP contribution in [0.15, 0.2) is 85.1 Å². The van der Waals surface area contributed by atoms with Gasteiger partial charge in [-0.3, -0.25) is 13.8 Å². The fraction of sp³-hybridized carbons (Fsp3) is 0.643. The summed E-state index contributed by atoms with van der Waals surface area (Å²) in [5, 5.41) is 0. The molecule has 0 aliphatic carbocycles. The molecule has 2 atom stereocenters. The maximum absolute atomic E-state index is 12.5. The number of carbonyl (C=O) groups is 1. The molecule has 0 fully saturated rings. The Balaban J connectivity index is 4.19. The Hall–Kier alpha value is -2.32. The first-order chi connectivity index (χ1) is 24.9. The van der Waals surface area contributed by atoms with Crippen molar-refractivity contribution in [3.8, 4) is 0 Å². The second kappa shape index (κ2) is 38.9. The SMILES string of the molecule is CC/C=C\C/C=C\C/C=C\C/C=C\C/C=C\C/C=C\CCCCC(=O)OC(COCCCCCCCC/C=C\CCC)COP(=O)(O)OCCN. The molecule has 292 valence electrons. The number of carbonyl (C=O) groups excluding carboxylic acids is 1. The van der Waals surface area contributed by atoms with Crippen molar-refractivity contribution >= 4 is 13.8 Å². The summed E-state index contributed by atoms with van der Waals surface area (Å²) in [6.07, 6.45) is 48.9. The molecular formula is C42H72NO7P. The smallest absolute Gasteiger partial charge is 0.457 e. The lowest BCUT2D eigenvalue weighted by Gasteiger charge is -2.20. The van der Waals surface area contributed by atoms with Gasteiger partial charge in [0, 0.05) is 19.6 Å². The van der Waals surface area contributed by atoms with E-state index in [0.717, 1.165) is 77.0 Å². The van der Waals surface area contributed by atoms with E-state index in [9.17, 15) is 14.3 Å². The summed E-state index contributed by atoms with van der Waals surface area (Å²) in [5.74, 6) is -0.379. The first-order valence-corrected chi connectivity index (χ1v) is 21.1. The van der Waals surface area contributed by atoms with Crippen LogP contribution in [0.5, 0.6) is 0 Å². The van der Waals surface area contributed by atoms with Gasteiger partial charge in [0.05, 0.1) is 19.8 Å². The predicted octanol–water partition coefficient (Wildman–Crippen LogP) is 11.4. The van der Waals surface area contributed by atoms with Gasteiger partial charge in [0.15, 0.2) is 0 Å². The quantitative estimate of drug-likeness (QED) is 0.0283. The zero-order valence-corrected chi connectivity index (χ0v) is 32.9. The molecule has 0 aromatic carbocycles. The largest absolute Gasteiger partial charge is 0.472 e. The van der Waals surface area contributed by atoms with Crippen LogP contribution in [0, 0.1) is 0 Å². The molecule has 9 heteroatoms. The Labute approximate surface area is 311 Å². The topological polar surface area (TPSA) is 117 Å². The average molecular weight is 734 g/mol. The molecule has 0 radical (unpaired) electrons. The van der Waals surface area contributed by atoms with Crippen LogP contribution in [0.4, 0.5) is 0 Å². The van der Waals surface area contributed by atoms with Crippen LogP contribution < -0.4 is 5.73 Å². The van der Waals surface area contributed by atoms with Gasteiger partial charge < -0.3 is 20.1 Å². The molecule has 0 saturated heterocycles. The van der Waals surface area contributed by atoms with Gasteiger partial charge in [-0.05, 0) is 83.5 Å². The van der Waals surface area contributed by atoms with Crippen LogP contribution >= 0.6 is 7.82 Å². The van der Waals surface area contributed by atoms with Crippen molar-refractivity contribution < 1.29 is 32.8 Å². The van der Waals surface area contributed by atoms with Gasteiger partial charge in [0.1, 0.15) is 6.10 Å². The summed E-state index contributed by atoms with van der Waals surface area (Å²) in [6, 6.07) is 0. The van der Waals surface area contributed by atoms with Crippen molar-refractivity contribution in [3.05, 3.63) is 85.1 Å². The highest BCUT2D eigenvalue weighted by molar-refractivity contribution is 7.47. The van der Waals surface area contributed by atoms with Crippen LogP contribution in [0.1, 0.15) is 136 Å². The molecule has 0 rings (SSSR count). The number of phosphoric acid groups is 1. The van der Waals surface area contributed by atoms with Crippen molar-refractivity contribution in [1.29, 1.82) is 0 Å². The van der Waals surface area contributed by atoms with Gasteiger partial charge >= 0.3 is 13.8 Å². The van der Waals surface area contributed by atoms with E-state index in [1.807, 2.05) is 0 Å². The minimum Gasteiger partial charge on any atom is -0.457 e. The summed E-state index contributed by atoms with van der Waals surface area (Å²) in [7, 11) is -4.29. The number of esters is 1. The van der Waals surface area contributed by atoms with Crippen molar-refractivity contribution in [3.63, 3.8) is 0 Å². The Bertz CT molecular complexity index is 1050. The number of unbranched alkanes of at least 4 members (excludes halogenated alkanes) is 9. The standard InChI is InChI=1S/C42H72NO7P/c1-3-5-7-9-11-13-15-16-17-18-19-20-21-22-23-24-25-27-29-31-33-35-42(44)50-41(40-49-51(45,46)48-38-36-43)39-47-37-34-32-30-28-26-14-12-10-8-6-4-2/h5,7-8,10-11,13,16-17,19-20,22-23,25,27,41H,3-4,6,9,12,14-15,18,21,24,26,28-40,43H2,1-2H3,(H,45,46)/b7-5-,10-8-,13-11-,17-16-,20-19-,23-22-,27-25-. The van der Waals surface area contributed by atoms with E-state index in [0.29, 0.717) is 13.0 Å². The summed E-state index contributed by atoms with van der Waals surface area (Å²) in [4.78, 5) is 22.4. The van der Waals surface area contributed by atoms with Gasteiger partial charge in [-0.15, -0.1) is 0 Å². The van der Waals surface area contributed by atoms with E-state index in [-0.39, 0.29) is 38.8 Å². The monoisotopic (exact) mass is 734 g/mol. The molecule has 8 nitrogen and oxygen atoms in total. The molecule has 0 spiro atoms. The second-order valence-corrected chi connectivity index (χ2v) is 13.9. The highest BCUT2D eigenvalue weighted by atomic mass is 31.2. The number of allylic oxidation sites excluding steroid dienone is 14. The molecule has 0 bridgehead atoms.